The second kappa shape index (κ2) is 6.05. The van der Waals surface area contributed by atoms with Gasteiger partial charge in [0.15, 0.2) is 0 Å². The first-order chi connectivity index (χ1) is 7.47. The van der Waals surface area contributed by atoms with E-state index in [0.29, 0.717) is 22.0 Å². The lowest BCUT2D eigenvalue weighted by Gasteiger charge is -2.19. The molecule has 0 saturated heterocycles. The Balaban J connectivity index is 2.98. The van der Waals surface area contributed by atoms with Crippen molar-refractivity contribution in [3.63, 3.8) is 0 Å². The molecule has 0 N–H and O–H groups in total. The van der Waals surface area contributed by atoms with Crippen LogP contribution in [0.15, 0.2) is 11.1 Å². The fourth-order valence-corrected chi connectivity index (χ4v) is 2.39. The third-order valence-corrected chi connectivity index (χ3v) is 4.48. The van der Waals surface area contributed by atoms with Gasteiger partial charge in [0.1, 0.15) is 0 Å². The number of rotatable bonds is 4. The Kier molecular flexibility index (Phi) is 5.30. The minimum Gasteiger partial charge on any atom is -0.298 e. The van der Waals surface area contributed by atoms with Crippen molar-refractivity contribution in [1.82, 2.24) is 9.55 Å². The van der Waals surface area contributed by atoms with Crippen LogP contribution in [0.25, 0.3) is 0 Å². The number of hydrogen-bond acceptors (Lipinski definition) is 3. The van der Waals surface area contributed by atoms with Crippen LogP contribution in [0.4, 0.5) is 0 Å². The molecule has 0 aliphatic carbocycles. The van der Waals surface area contributed by atoms with Crippen LogP contribution in [0.2, 0.25) is 0 Å². The molecule has 0 aromatic carbocycles. The van der Waals surface area contributed by atoms with Crippen molar-refractivity contribution >= 4 is 35.2 Å². The maximum atomic E-state index is 12.0. The molecule has 0 aliphatic heterocycles. The molecule has 0 amide bonds. The molecule has 1 aromatic heterocycles. The van der Waals surface area contributed by atoms with Gasteiger partial charge in [-0.1, -0.05) is 13.8 Å². The molecular weight excluding hydrogens is 335 g/mol. The Morgan fingerprint density at radius 3 is 2.69 bits per heavy atom. The number of thiol groups is 1. The number of aromatic nitrogens is 2. The van der Waals surface area contributed by atoms with Crippen LogP contribution in [-0.4, -0.2) is 15.3 Å². The quantitative estimate of drug-likeness (QED) is 0.667. The first-order valence-electron chi connectivity index (χ1n) is 5.29. The minimum absolute atomic E-state index is 0.0560. The van der Waals surface area contributed by atoms with E-state index in [1.807, 2.05) is 6.92 Å². The highest BCUT2D eigenvalue weighted by Gasteiger charge is 2.14. The molecule has 0 bridgehead atoms. The summed E-state index contributed by atoms with van der Waals surface area (Å²) in [6, 6.07) is 0. The molecule has 1 aromatic rings. The van der Waals surface area contributed by atoms with E-state index in [4.69, 9.17) is 0 Å². The topological polar surface area (TPSA) is 34.9 Å². The predicted octanol–water partition coefficient (Wildman–Crippen LogP) is 2.36. The van der Waals surface area contributed by atoms with Gasteiger partial charge in [0.05, 0.1) is 15.6 Å². The lowest BCUT2D eigenvalue weighted by molar-refractivity contribution is 0.364. The average molecular weight is 352 g/mol. The second-order valence-electron chi connectivity index (χ2n) is 4.29. The molecular formula is C11H17IN2OS. The molecule has 0 radical (unpaired) electrons. The Bertz CT molecular complexity index is 417. The fourth-order valence-electron chi connectivity index (χ4n) is 1.41. The highest BCUT2D eigenvalue weighted by atomic mass is 127. The van der Waals surface area contributed by atoms with Crippen molar-refractivity contribution in [2.45, 2.75) is 27.3 Å². The van der Waals surface area contributed by atoms with Crippen LogP contribution in [0.3, 0.4) is 0 Å². The SMILES string of the molecule is Cc1ncn(CC(CS)C(C)C)c(=O)c1I. The fraction of sp³-hybridized carbons (Fsp3) is 0.636. The maximum Gasteiger partial charge on any atom is 0.267 e. The van der Waals surface area contributed by atoms with Gasteiger partial charge in [-0.2, -0.15) is 12.6 Å². The minimum atomic E-state index is 0.0560. The lowest BCUT2D eigenvalue weighted by Crippen LogP contribution is -2.29. The van der Waals surface area contributed by atoms with E-state index in [1.165, 1.54) is 0 Å². The molecule has 1 unspecified atom stereocenters. The molecule has 0 fully saturated rings. The molecule has 1 atom stereocenters. The van der Waals surface area contributed by atoms with E-state index >= 15 is 0 Å². The van der Waals surface area contributed by atoms with Crippen molar-refractivity contribution in [2.75, 3.05) is 5.75 Å². The van der Waals surface area contributed by atoms with Crippen LogP contribution < -0.4 is 5.56 Å². The molecule has 16 heavy (non-hydrogen) atoms. The first kappa shape index (κ1) is 14.0. The second-order valence-corrected chi connectivity index (χ2v) is 5.73. The molecule has 0 saturated carbocycles. The van der Waals surface area contributed by atoms with Crippen molar-refractivity contribution in [2.24, 2.45) is 11.8 Å². The maximum absolute atomic E-state index is 12.0. The van der Waals surface area contributed by atoms with Crippen LogP contribution in [0.1, 0.15) is 19.5 Å². The normalized spacial score (nSPS) is 13.1. The van der Waals surface area contributed by atoms with Gasteiger partial charge in [-0.05, 0) is 47.1 Å². The standard InChI is InChI=1S/C11H17IN2OS/c1-7(2)9(5-16)4-14-6-13-8(3)10(12)11(14)15/h6-7,9,16H,4-5H2,1-3H3. The molecule has 3 nitrogen and oxygen atoms in total. The molecule has 1 rings (SSSR count). The van der Waals surface area contributed by atoms with E-state index in [-0.39, 0.29) is 5.56 Å². The molecule has 5 heteroatoms. The Hall–Kier alpha value is -0.0400. The lowest BCUT2D eigenvalue weighted by atomic mass is 9.98. The third-order valence-electron chi connectivity index (χ3n) is 2.77. The largest absolute Gasteiger partial charge is 0.298 e. The van der Waals surface area contributed by atoms with Gasteiger partial charge in [-0.15, -0.1) is 0 Å². The molecule has 0 spiro atoms. The average Bonchev–Trinajstić information content (AvgIpc) is 2.25. The summed E-state index contributed by atoms with van der Waals surface area (Å²) in [5.74, 6) is 1.71. The number of aryl methyl sites for hydroxylation is 1. The molecule has 1 heterocycles. The summed E-state index contributed by atoms with van der Waals surface area (Å²) in [7, 11) is 0. The Morgan fingerprint density at radius 1 is 1.56 bits per heavy atom. The van der Waals surface area contributed by atoms with Crippen LogP contribution in [0, 0.1) is 22.3 Å². The number of halogens is 1. The predicted molar refractivity (Wildman–Crippen MR) is 78.1 cm³/mol. The monoisotopic (exact) mass is 352 g/mol. The zero-order valence-corrected chi connectivity index (χ0v) is 12.8. The van der Waals surface area contributed by atoms with Gasteiger partial charge in [-0.3, -0.25) is 9.36 Å². The Labute approximate surface area is 115 Å². The van der Waals surface area contributed by atoms with Gasteiger partial charge in [0, 0.05) is 6.54 Å². The van der Waals surface area contributed by atoms with Crippen LogP contribution >= 0.6 is 35.2 Å². The van der Waals surface area contributed by atoms with Crippen molar-refractivity contribution in [1.29, 1.82) is 0 Å². The molecule has 0 aliphatic rings. The van der Waals surface area contributed by atoms with E-state index in [9.17, 15) is 4.79 Å². The van der Waals surface area contributed by atoms with Crippen molar-refractivity contribution in [3.8, 4) is 0 Å². The molecule has 90 valence electrons. The van der Waals surface area contributed by atoms with Crippen LogP contribution in [0.5, 0.6) is 0 Å². The third kappa shape index (κ3) is 3.23. The van der Waals surface area contributed by atoms with Crippen molar-refractivity contribution in [3.05, 3.63) is 25.9 Å². The van der Waals surface area contributed by atoms with Crippen molar-refractivity contribution < 1.29 is 0 Å². The van der Waals surface area contributed by atoms with Gasteiger partial charge >= 0.3 is 0 Å². The highest BCUT2D eigenvalue weighted by molar-refractivity contribution is 14.1. The zero-order valence-electron chi connectivity index (χ0n) is 9.77. The van der Waals surface area contributed by atoms with Crippen LogP contribution in [-0.2, 0) is 6.54 Å². The van der Waals surface area contributed by atoms with Gasteiger partial charge in [-0.25, -0.2) is 4.98 Å². The van der Waals surface area contributed by atoms with E-state index in [1.54, 1.807) is 10.9 Å². The summed E-state index contributed by atoms with van der Waals surface area (Å²) in [5, 5.41) is 0. The summed E-state index contributed by atoms with van der Waals surface area (Å²) >= 11 is 6.38. The van der Waals surface area contributed by atoms with E-state index in [2.05, 4.69) is 54.1 Å². The summed E-state index contributed by atoms with van der Waals surface area (Å²) in [6.45, 7) is 6.85. The first-order valence-corrected chi connectivity index (χ1v) is 7.00. The Morgan fingerprint density at radius 2 is 2.19 bits per heavy atom. The number of nitrogens with zero attached hydrogens (tertiary/aromatic N) is 2. The zero-order chi connectivity index (χ0) is 12.3. The summed E-state index contributed by atoms with van der Waals surface area (Å²) in [4.78, 5) is 16.2. The number of hydrogen-bond donors (Lipinski definition) is 1. The summed E-state index contributed by atoms with van der Waals surface area (Å²) in [5.41, 5.74) is 0.856. The van der Waals surface area contributed by atoms with Gasteiger partial charge < -0.3 is 0 Å². The van der Waals surface area contributed by atoms with Gasteiger partial charge in [0.25, 0.3) is 5.56 Å². The van der Waals surface area contributed by atoms with E-state index < -0.39 is 0 Å². The van der Waals surface area contributed by atoms with Gasteiger partial charge in [0.2, 0.25) is 0 Å². The smallest absolute Gasteiger partial charge is 0.267 e. The summed E-state index contributed by atoms with van der Waals surface area (Å²) in [6.07, 6.45) is 1.64. The van der Waals surface area contributed by atoms with E-state index in [0.717, 1.165) is 11.4 Å². The summed E-state index contributed by atoms with van der Waals surface area (Å²) < 4.78 is 2.40. The highest BCUT2D eigenvalue weighted by Crippen LogP contribution is 2.14.